The van der Waals surface area contributed by atoms with Crippen LogP contribution in [0.3, 0.4) is 0 Å². The Morgan fingerprint density at radius 3 is 2.50 bits per heavy atom. The van der Waals surface area contributed by atoms with E-state index >= 15 is 0 Å². The third-order valence-electron chi connectivity index (χ3n) is 6.55. The van der Waals surface area contributed by atoms with Gasteiger partial charge in [0.25, 0.3) is 5.91 Å². The van der Waals surface area contributed by atoms with Crippen LogP contribution in [-0.2, 0) is 9.59 Å². The number of aromatic nitrogens is 2. The van der Waals surface area contributed by atoms with E-state index in [4.69, 9.17) is 11.6 Å². The molecule has 1 saturated heterocycles. The first-order valence-corrected chi connectivity index (χ1v) is 12.3. The van der Waals surface area contributed by atoms with Gasteiger partial charge < -0.3 is 19.9 Å². The van der Waals surface area contributed by atoms with Gasteiger partial charge in [-0.1, -0.05) is 44.5 Å². The maximum atomic E-state index is 13.5. The molecule has 3 amide bonds. The fourth-order valence-corrected chi connectivity index (χ4v) is 4.84. The molecule has 202 valence electrons. The lowest BCUT2D eigenvalue weighted by molar-refractivity contribution is -0.175. The Balaban J connectivity index is 1.62. The molecule has 2 N–H and O–H groups in total. The molecule has 1 aromatic carbocycles. The van der Waals surface area contributed by atoms with E-state index in [2.05, 4.69) is 10.3 Å². The largest absolute Gasteiger partial charge is 0.471 e. The molecule has 1 aliphatic heterocycles. The molecule has 3 heterocycles. The molecule has 2 aromatic heterocycles. The second-order valence-corrected chi connectivity index (χ2v) is 10.8. The predicted molar refractivity (Wildman–Crippen MR) is 135 cm³/mol. The molecule has 3 aromatic rings. The predicted octanol–water partition coefficient (Wildman–Crippen LogP) is 3.81. The lowest BCUT2D eigenvalue weighted by Crippen LogP contribution is -2.58. The van der Waals surface area contributed by atoms with Crippen LogP contribution in [0.2, 0.25) is 5.02 Å². The van der Waals surface area contributed by atoms with Crippen molar-refractivity contribution < 1.29 is 27.6 Å². The summed E-state index contributed by atoms with van der Waals surface area (Å²) in [5.41, 5.74) is 0.772. The summed E-state index contributed by atoms with van der Waals surface area (Å²) in [7, 11) is 0. The zero-order valence-corrected chi connectivity index (χ0v) is 21.7. The van der Waals surface area contributed by atoms with Crippen LogP contribution in [0.15, 0.2) is 55.1 Å². The maximum Gasteiger partial charge on any atom is 0.471 e. The van der Waals surface area contributed by atoms with Crippen molar-refractivity contribution in [2.24, 2.45) is 5.41 Å². The highest BCUT2D eigenvalue weighted by Crippen LogP contribution is 2.32. The molecular weight excluding hydrogens is 523 g/mol. The Morgan fingerprint density at radius 1 is 1.11 bits per heavy atom. The van der Waals surface area contributed by atoms with E-state index in [1.807, 2.05) is 11.4 Å². The Hall–Kier alpha value is -3.60. The Labute approximate surface area is 222 Å². The number of imidazole rings is 1. The van der Waals surface area contributed by atoms with Crippen molar-refractivity contribution in [1.82, 2.24) is 24.9 Å². The van der Waals surface area contributed by atoms with Gasteiger partial charge in [-0.15, -0.1) is 0 Å². The number of nitrogens with zero attached hydrogens (tertiary/aromatic N) is 3. The summed E-state index contributed by atoms with van der Waals surface area (Å²) < 4.78 is 40.6. The molecule has 3 atom stereocenters. The normalized spacial score (nSPS) is 18.9. The minimum atomic E-state index is -5.14. The number of hydrogen-bond donors (Lipinski definition) is 2. The average molecular weight is 550 g/mol. The van der Waals surface area contributed by atoms with E-state index in [1.54, 1.807) is 79.1 Å². The molecule has 1 aliphatic rings. The number of fused-ring (bicyclic) bond motifs is 1. The summed E-state index contributed by atoms with van der Waals surface area (Å²) in [6.07, 6.45) is -0.217. The summed E-state index contributed by atoms with van der Waals surface area (Å²) >= 11 is 6.20. The number of nitrogens with one attached hydrogen (secondary N) is 2. The number of likely N-dealkylation sites (tertiary alicyclic amines) is 1. The summed E-state index contributed by atoms with van der Waals surface area (Å²) in [5, 5.41) is 5.09. The van der Waals surface area contributed by atoms with Gasteiger partial charge in [-0.25, -0.2) is 4.98 Å². The van der Waals surface area contributed by atoms with E-state index in [0.29, 0.717) is 16.1 Å². The van der Waals surface area contributed by atoms with Gasteiger partial charge in [0, 0.05) is 30.2 Å². The first-order valence-electron chi connectivity index (χ1n) is 11.9. The molecule has 4 rings (SSSR count). The Kier molecular flexibility index (Phi) is 7.42. The van der Waals surface area contributed by atoms with Crippen molar-refractivity contribution in [2.45, 2.75) is 44.9 Å². The number of carbonyl (C=O) groups is 3. The third-order valence-corrected chi connectivity index (χ3v) is 6.79. The van der Waals surface area contributed by atoms with Crippen molar-refractivity contribution >= 4 is 34.8 Å². The highest BCUT2D eigenvalue weighted by Gasteiger charge is 2.45. The number of hydrogen-bond acceptors (Lipinski definition) is 4. The molecular formula is C26H27ClF3N5O3. The number of pyridine rings is 1. The molecule has 0 unspecified atom stereocenters. The summed E-state index contributed by atoms with van der Waals surface area (Å²) in [4.78, 5) is 44.2. The fourth-order valence-electron chi connectivity index (χ4n) is 4.65. The van der Waals surface area contributed by atoms with Crippen LogP contribution in [0.5, 0.6) is 0 Å². The van der Waals surface area contributed by atoms with Gasteiger partial charge in [-0.05, 0) is 35.2 Å². The third kappa shape index (κ3) is 5.77. The second-order valence-electron chi connectivity index (χ2n) is 10.4. The van der Waals surface area contributed by atoms with Crippen LogP contribution in [0.4, 0.5) is 13.2 Å². The SMILES string of the molecule is CC(C)(C)[C@H](NC(=O)C(F)(F)F)C(=O)N[C@@H]1CN(C(=O)c2cccn3cncc23)C[C@H]1c1cccc(Cl)c1. The van der Waals surface area contributed by atoms with E-state index < -0.39 is 41.4 Å². The van der Waals surface area contributed by atoms with Crippen LogP contribution >= 0.6 is 11.6 Å². The number of carbonyl (C=O) groups excluding carboxylic acids is 3. The van der Waals surface area contributed by atoms with E-state index in [-0.39, 0.29) is 19.0 Å². The molecule has 0 bridgehead atoms. The number of benzene rings is 1. The minimum absolute atomic E-state index is 0.0982. The smallest absolute Gasteiger partial charge is 0.349 e. The number of amides is 3. The first-order chi connectivity index (χ1) is 17.8. The Morgan fingerprint density at radius 2 is 1.84 bits per heavy atom. The number of halogens is 4. The lowest BCUT2D eigenvalue weighted by atomic mass is 9.85. The van der Waals surface area contributed by atoms with Crippen molar-refractivity contribution in [3.05, 3.63) is 71.3 Å². The zero-order valence-electron chi connectivity index (χ0n) is 20.9. The summed E-state index contributed by atoms with van der Waals surface area (Å²) in [6, 6.07) is 8.27. The molecule has 0 saturated carbocycles. The standard InChI is InChI=1S/C26H27ClF3N5O3/c1-25(2,3)21(33-24(38)26(28,29)30)22(36)32-19-13-35(12-18(19)15-6-4-7-16(27)10-15)23(37)17-8-5-9-34-14-31-11-20(17)34/h4-11,14,18-19,21H,12-13H2,1-3H3,(H,32,36)(H,33,38)/t18-,19+,21+/m0/s1. The Bertz CT molecular complexity index is 1370. The molecule has 38 heavy (non-hydrogen) atoms. The summed E-state index contributed by atoms with van der Waals surface area (Å²) in [5.74, 6) is -3.65. The molecule has 1 fully saturated rings. The van der Waals surface area contributed by atoms with Crippen molar-refractivity contribution in [3.63, 3.8) is 0 Å². The highest BCUT2D eigenvalue weighted by atomic mass is 35.5. The maximum absolute atomic E-state index is 13.5. The summed E-state index contributed by atoms with van der Waals surface area (Å²) in [6.45, 7) is 4.99. The second kappa shape index (κ2) is 10.3. The van der Waals surface area contributed by atoms with Crippen LogP contribution in [0, 0.1) is 5.41 Å². The molecule has 0 spiro atoms. The zero-order chi connectivity index (χ0) is 27.8. The van der Waals surface area contributed by atoms with Gasteiger partial charge in [0.05, 0.1) is 29.6 Å². The van der Waals surface area contributed by atoms with E-state index in [9.17, 15) is 27.6 Å². The van der Waals surface area contributed by atoms with Crippen molar-refractivity contribution in [1.29, 1.82) is 0 Å². The van der Waals surface area contributed by atoms with Crippen LogP contribution in [0.25, 0.3) is 5.52 Å². The molecule has 12 heteroatoms. The fraction of sp³-hybridized carbons (Fsp3) is 0.385. The van der Waals surface area contributed by atoms with Gasteiger partial charge in [0.1, 0.15) is 6.04 Å². The first kappa shape index (κ1) is 27.4. The van der Waals surface area contributed by atoms with E-state index in [0.717, 1.165) is 5.56 Å². The van der Waals surface area contributed by atoms with Crippen LogP contribution in [0.1, 0.15) is 42.6 Å². The van der Waals surface area contributed by atoms with Crippen LogP contribution in [-0.4, -0.2) is 63.4 Å². The molecule has 0 radical (unpaired) electrons. The number of rotatable bonds is 5. The van der Waals surface area contributed by atoms with Crippen LogP contribution < -0.4 is 10.6 Å². The quantitative estimate of drug-likeness (QED) is 0.506. The lowest BCUT2D eigenvalue weighted by Gasteiger charge is -2.32. The van der Waals surface area contributed by atoms with Crippen molar-refractivity contribution in [3.8, 4) is 0 Å². The van der Waals surface area contributed by atoms with Gasteiger partial charge >= 0.3 is 12.1 Å². The highest BCUT2D eigenvalue weighted by molar-refractivity contribution is 6.30. The van der Waals surface area contributed by atoms with Gasteiger partial charge in [0.2, 0.25) is 5.91 Å². The topological polar surface area (TPSA) is 95.8 Å². The number of alkyl halides is 3. The monoisotopic (exact) mass is 549 g/mol. The van der Waals surface area contributed by atoms with E-state index in [1.165, 1.54) is 0 Å². The van der Waals surface area contributed by atoms with Gasteiger partial charge in [0.15, 0.2) is 0 Å². The average Bonchev–Trinajstić information content (AvgIpc) is 3.47. The van der Waals surface area contributed by atoms with Crippen molar-refractivity contribution in [2.75, 3.05) is 13.1 Å². The minimum Gasteiger partial charge on any atom is -0.349 e. The molecule has 8 nitrogen and oxygen atoms in total. The van der Waals surface area contributed by atoms with Gasteiger partial charge in [-0.3, -0.25) is 14.4 Å². The van der Waals surface area contributed by atoms with Gasteiger partial charge in [-0.2, -0.15) is 13.2 Å². The molecule has 0 aliphatic carbocycles.